The first-order chi connectivity index (χ1) is 12.8. The second kappa shape index (κ2) is 9.59. The summed E-state index contributed by atoms with van der Waals surface area (Å²) in [6.07, 6.45) is 1.69. The molecule has 0 fully saturated rings. The quantitative estimate of drug-likeness (QED) is 0.486. The van der Waals surface area contributed by atoms with Crippen molar-refractivity contribution in [2.45, 2.75) is 24.8 Å². The summed E-state index contributed by atoms with van der Waals surface area (Å²) in [5.41, 5.74) is 0.442. The van der Waals surface area contributed by atoms with Crippen LogP contribution in [0, 0.1) is 0 Å². The van der Waals surface area contributed by atoms with Gasteiger partial charge in [-0.05, 0) is 30.5 Å². The number of carbonyl (C=O) groups is 2. The SMILES string of the molecule is C=CCN(Cc1cccs1)C(=O)CCNS(=O)(=O)c1ccc(C(C)=O)cc1. The summed E-state index contributed by atoms with van der Waals surface area (Å²) in [5, 5.41) is 1.94. The number of rotatable bonds is 10. The first-order valence-electron chi connectivity index (χ1n) is 8.35. The summed E-state index contributed by atoms with van der Waals surface area (Å²) in [7, 11) is -3.74. The van der Waals surface area contributed by atoms with Crippen LogP contribution in [0.25, 0.3) is 0 Å². The number of carbonyl (C=O) groups excluding carboxylic acids is 2. The van der Waals surface area contributed by atoms with Gasteiger partial charge in [0.15, 0.2) is 5.78 Å². The molecule has 8 heteroatoms. The molecule has 0 aliphatic carbocycles. The molecule has 0 atom stereocenters. The van der Waals surface area contributed by atoms with Crippen molar-refractivity contribution in [3.05, 3.63) is 64.9 Å². The Morgan fingerprint density at radius 1 is 1.22 bits per heavy atom. The molecule has 2 aromatic rings. The summed E-state index contributed by atoms with van der Waals surface area (Å²) in [6, 6.07) is 9.55. The van der Waals surface area contributed by atoms with Crippen LogP contribution in [-0.2, 0) is 21.4 Å². The van der Waals surface area contributed by atoms with E-state index in [0.717, 1.165) is 4.88 Å². The highest BCUT2D eigenvalue weighted by atomic mass is 32.2. The maximum atomic E-state index is 12.4. The summed E-state index contributed by atoms with van der Waals surface area (Å²) < 4.78 is 27.0. The Kier molecular flexibility index (Phi) is 7.46. The van der Waals surface area contributed by atoms with Crippen molar-refractivity contribution in [3.8, 4) is 0 Å². The molecule has 1 aromatic carbocycles. The minimum Gasteiger partial charge on any atom is -0.334 e. The third-order valence-electron chi connectivity index (χ3n) is 3.83. The van der Waals surface area contributed by atoms with Crippen LogP contribution >= 0.6 is 11.3 Å². The number of nitrogens with zero attached hydrogens (tertiary/aromatic N) is 1. The smallest absolute Gasteiger partial charge is 0.240 e. The fraction of sp³-hybridized carbons (Fsp3) is 0.263. The molecular formula is C19H22N2O4S2. The Labute approximate surface area is 163 Å². The van der Waals surface area contributed by atoms with Crippen molar-refractivity contribution < 1.29 is 18.0 Å². The van der Waals surface area contributed by atoms with Gasteiger partial charge in [0.1, 0.15) is 0 Å². The van der Waals surface area contributed by atoms with Crippen molar-refractivity contribution in [2.75, 3.05) is 13.1 Å². The van der Waals surface area contributed by atoms with Gasteiger partial charge in [0, 0.05) is 30.0 Å². The number of hydrogen-bond acceptors (Lipinski definition) is 5. The molecule has 0 spiro atoms. The Bertz CT molecular complexity index is 888. The monoisotopic (exact) mass is 406 g/mol. The van der Waals surface area contributed by atoms with E-state index in [1.54, 1.807) is 22.3 Å². The lowest BCUT2D eigenvalue weighted by atomic mass is 10.2. The predicted octanol–water partition coefficient (Wildman–Crippen LogP) is 2.83. The van der Waals surface area contributed by atoms with Crippen LogP contribution in [0.2, 0.25) is 0 Å². The van der Waals surface area contributed by atoms with Gasteiger partial charge in [-0.2, -0.15) is 0 Å². The zero-order chi connectivity index (χ0) is 19.9. The third kappa shape index (κ3) is 6.13. The number of sulfonamides is 1. The third-order valence-corrected chi connectivity index (χ3v) is 6.17. The van der Waals surface area contributed by atoms with Gasteiger partial charge in [-0.25, -0.2) is 13.1 Å². The molecule has 2 rings (SSSR count). The van der Waals surface area contributed by atoms with E-state index >= 15 is 0 Å². The van der Waals surface area contributed by atoms with Gasteiger partial charge in [-0.15, -0.1) is 17.9 Å². The van der Waals surface area contributed by atoms with Crippen LogP contribution in [0.5, 0.6) is 0 Å². The molecular weight excluding hydrogens is 384 g/mol. The molecule has 144 valence electrons. The van der Waals surface area contributed by atoms with E-state index in [1.165, 1.54) is 31.2 Å². The van der Waals surface area contributed by atoms with E-state index in [4.69, 9.17) is 0 Å². The van der Waals surface area contributed by atoms with Crippen LogP contribution in [0.15, 0.2) is 59.3 Å². The van der Waals surface area contributed by atoms with Crippen LogP contribution in [0.1, 0.15) is 28.6 Å². The number of Topliss-reactive ketones (excluding diaryl/α,β-unsaturated/α-hetero) is 1. The Hall–Kier alpha value is -2.29. The van der Waals surface area contributed by atoms with E-state index in [9.17, 15) is 18.0 Å². The highest BCUT2D eigenvalue weighted by molar-refractivity contribution is 7.89. The van der Waals surface area contributed by atoms with Gasteiger partial charge in [-0.3, -0.25) is 9.59 Å². The number of thiophene rings is 1. The molecule has 0 saturated carbocycles. The van der Waals surface area contributed by atoms with E-state index in [-0.39, 0.29) is 29.6 Å². The first-order valence-corrected chi connectivity index (χ1v) is 10.7. The van der Waals surface area contributed by atoms with Gasteiger partial charge in [-0.1, -0.05) is 24.3 Å². The topological polar surface area (TPSA) is 83.6 Å². The molecule has 1 heterocycles. The second-order valence-corrected chi connectivity index (χ2v) is 8.67. The number of hydrogen-bond donors (Lipinski definition) is 1. The molecule has 1 aromatic heterocycles. The van der Waals surface area contributed by atoms with Crippen molar-refractivity contribution in [3.63, 3.8) is 0 Å². The molecule has 0 saturated heterocycles. The average molecular weight is 407 g/mol. The Morgan fingerprint density at radius 2 is 1.93 bits per heavy atom. The minimum atomic E-state index is -3.74. The predicted molar refractivity (Wildman–Crippen MR) is 106 cm³/mol. The van der Waals surface area contributed by atoms with Crippen molar-refractivity contribution in [1.29, 1.82) is 0 Å². The van der Waals surface area contributed by atoms with Crippen molar-refractivity contribution in [2.24, 2.45) is 0 Å². The maximum absolute atomic E-state index is 12.4. The fourth-order valence-corrected chi connectivity index (χ4v) is 4.15. The zero-order valence-corrected chi connectivity index (χ0v) is 16.7. The van der Waals surface area contributed by atoms with Gasteiger partial charge in [0.25, 0.3) is 0 Å². The number of benzene rings is 1. The lowest BCUT2D eigenvalue weighted by molar-refractivity contribution is -0.131. The van der Waals surface area contributed by atoms with Gasteiger partial charge in [0.2, 0.25) is 15.9 Å². The molecule has 0 aliphatic rings. The van der Waals surface area contributed by atoms with E-state index in [0.29, 0.717) is 18.7 Å². The minimum absolute atomic E-state index is 0.00624. The van der Waals surface area contributed by atoms with Gasteiger partial charge in [0.05, 0.1) is 11.4 Å². The standard InChI is InChI=1S/C19H22N2O4S2/c1-3-12-21(14-17-5-4-13-26-17)19(23)10-11-20-27(24,25)18-8-6-16(7-9-18)15(2)22/h3-9,13,20H,1,10-12,14H2,2H3. The molecule has 0 aliphatic heterocycles. The normalized spacial score (nSPS) is 11.1. The number of nitrogens with one attached hydrogen (secondary N) is 1. The zero-order valence-electron chi connectivity index (χ0n) is 15.1. The van der Waals surface area contributed by atoms with Crippen LogP contribution < -0.4 is 4.72 Å². The van der Waals surface area contributed by atoms with Crippen LogP contribution in [-0.4, -0.2) is 38.1 Å². The van der Waals surface area contributed by atoms with Crippen LogP contribution in [0.4, 0.5) is 0 Å². The first kappa shape index (κ1) is 21.0. The molecule has 0 bridgehead atoms. The van der Waals surface area contributed by atoms with E-state index < -0.39 is 10.0 Å². The highest BCUT2D eigenvalue weighted by Crippen LogP contribution is 2.13. The summed E-state index contributed by atoms with van der Waals surface area (Å²) in [5.74, 6) is -0.288. The lowest BCUT2D eigenvalue weighted by Gasteiger charge is -2.20. The van der Waals surface area contributed by atoms with E-state index in [1.807, 2.05) is 17.5 Å². The van der Waals surface area contributed by atoms with Gasteiger partial charge < -0.3 is 4.90 Å². The molecule has 0 radical (unpaired) electrons. The van der Waals surface area contributed by atoms with Crippen molar-refractivity contribution in [1.82, 2.24) is 9.62 Å². The fourth-order valence-electron chi connectivity index (χ4n) is 2.40. The number of amides is 1. The number of ketones is 1. The average Bonchev–Trinajstić information content (AvgIpc) is 3.14. The van der Waals surface area contributed by atoms with Crippen LogP contribution in [0.3, 0.4) is 0 Å². The molecule has 6 nitrogen and oxygen atoms in total. The van der Waals surface area contributed by atoms with E-state index in [2.05, 4.69) is 11.3 Å². The lowest BCUT2D eigenvalue weighted by Crippen LogP contribution is -2.34. The highest BCUT2D eigenvalue weighted by Gasteiger charge is 2.17. The Balaban J connectivity index is 1.93. The summed E-state index contributed by atoms with van der Waals surface area (Å²) in [6.45, 7) is 5.95. The molecule has 27 heavy (non-hydrogen) atoms. The second-order valence-electron chi connectivity index (χ2n) is 5.87. The maximum Gasteiger partial charge on any atom is 0.240 e. The molecule has 0 unspecified atom stereocenters. The van der Waals surface area contributed by atoms with Crippen molar-refractivity contribution >= 4 is 33.1 Å². The summed E-state index contributed by atoms with van der Waals surface area (Å²) >= 11 is 1.56. The van der Waals surface area contributed by atoms with Gasteiger partial charge >= 0.3 is 0 Å². The molecule has 1 N–H and O–H groups in total. The Morgan fingerprint density at radius 3 is 2.48 bits per heavy atom. The summed E-state index contributed by atoms with van der Waals surface area (Å²) in [4.78, 5) is 26.4. The molecule has 1 amide bonds. The largest absolute Gasteiger partial charge is 0.334 e.